The van der Waals surface area contributed by atoms with Crippen molar-refractivity contribution in [1.82, 2.24) is 9.97 Å². The van der Waals surface area contributed by atoms with E-state index in [9.17, 15) is 9.59 Å². The molecule has 4 rings (SSSR count). The van der Waals surface area contributed by atoms with Gasteiger partial charge in [-0.15, -0.1) is 0 Å². The third-order valence-electron chi connectivity index (χ3n) is 4.90. The lowest BCUT2D eigenvalue weighted by atomic mass is 10.1. The molecule has 29 heavy (non-hydrogen) atoms. The summed E-state index contributed by atoms with van der Waals surface area (Å²) in [5, 5.41) is 3.28. The summed E-state index contributed by atoms with van der Waals surface area (Å²) in [5.74, 6) is 0.371. The number of Topliss-reactive ketones (excluding diaryl/α,β-unsaturated/α-hetero) is 1. The molecule has 0 bridgehead atoms. The van der Waals surface area contributed by atoms with Crippen molar-refractivity contribution in [2.45, 2.75) is 26.2 Å². The molecule has 1 amide bonds. The maximum Gasteiger partial charge on any atom is 0.261 e. The van der Waals surface area contributed by atoms with Crippen LogP contribution < -0.4 is 10.2 Å². The summed E-state index contributed by atoms with van der Waals surface area (Å²) in [6.07, 6.45) is 5.13. The molecule has 1 aliphatic rings. The third kappa shape index (κ3) is 4.19. The van der Waals surface area contributed by atoms with Gasteiger partial charge in [0.05, 0.1) is 16.1 Å². The van der Waals surface area contributed by atoms with Gasteiger partial charge in [0.1, 0.15) is 5.82 Å². The van der Waals surface area contributed by atoms with E-state index in [1.54, 1.807) is 18.3 Å². The Morgan fingerprint density at radius 3 is 2.52 bits per heavy atom. The number of hydrogen-bond acceptors (Lipinski definition) is 6. The fraction of sp³-hybridized carbons (Fsp3) is 0.273. The van der Waals surface area contributed by atoms with Gasteiger partial charge in [-0.2, -0.15) is 0 Å². The predicted octanol–water partition coefficient (Wildman–Crippen LogP) is 4.65. The number of pyridine rings is 1. The zero-order chi connectivity index (χ0) is 20.2. The van der Waals surface area contributed by atoms with E-state index in [4.69, 9.17) is 0 Å². The van der Waals surface area contributed by atoms with Crippen molar-refractivity contribution in [2.24, 2.45) is 0 Å². The van der Waals surface area contributed by atoms with E-state index in [1.807, 2.05) is 30.3 Å². The molecule has 1 aromatic carbocycles. The fourth-order valence-corrected chi connectivity index (χ4v) is 4.38. The molecule has 0 atom stereocenters. The van der Waals surface area contributed by atoms with E-state index in [2.05, 4.69) is 20.2 Å². The van der Waals surface area contributed by atoms with Gasteiger partial charge in [-0.1, -0.05) is 41.7 Å². The zero-order valence-corrected chi connectivity index (χ0v) is 17.0. The van der Waals surface area contributed by atoms with Crippen LogP contribution in [0, 0.1) is 0 Å². The first-order valence-electron chi connectivity index (χ1n) is 9.72. The van der Waals surface area contributed by atoms with Crippen molar-refractivity contribution in [3.8, 4) is 11.3 Å². The van der Waals surface area contributed by atoms with Gasteiger partial charge in [-0.3, -0.25) is 14.9 Å². The Kier molecular flexibility index (Phi) is 5.67. The first-order chi connectivity index (χ1) is 14.1. The van der Waals surface area contributed by atoms with Gasteiger partial charge >= 0.3 is 0 Å². The van der Waals surface area contributed by atoms with Gasteiger partial charge in [-0.25, -0.2) is 9.97 Å². The number of nitrogens with one attached hydrogen (secondary N) is 1. The van der Waals surface area contributed by atoms with Crippen LogP contribution in [0.1, 0.15) is 46.2 Å². The van der Waals surface area contributed by atoms with Crippen molar-refractivity contribution in [1.29, 1.82) is 0 Å². The van der Waals surface area contributed by atoms with Gasteiger partial charge in [-0.05, 0) is 31.4 Å². The minimum Gasteiger partial charge on any atom is -0.356 e. The number of carbonyl (C=O) groups is 2. The molecular weight excluding hydrogens is 384 g/mol. The summed E-state index contributed by atoms with van der Waals surface area (Å²) in [4.78, 5) is 36.8. The number of rotatable bonds is 5. The molecule has 0 saturated carbocycles. The normalized spacial score (nSPS) is 13.9. The second-order valence-electron chi connectivity index (χ2n) is 7.00. The number of thiazole rings is 1. The second kappa shape index (κ2) is 8.53. The van der Waals surface area contributed by atoms with Crippen LogP contribution in [-0.4, -0.2) is 34.7 Å². The first kappa shape index (κ1) is 19.3. The van der Waals surface area contributed by atoms with Crippen LogP contribution in [0.4, 0.5) is 10.9 Å². The summed E-state index contributed by atoms with van der Waals surface area (Å²) >= 11 is 1.20. The lowest BCUT2D eigenvalue weighted by Crippen LogP contribution is -2.32. The molecule has 6 nitrogen and oxygen atoms in total. The maximum absolute atomic E-state index is 13.0. The van der Waals surface area contributed by atoms with Gasteiger partial charge in [0.25, 0.3) is 5.91 Å². The zero-order valence-electron chi connectivity index (χ0n) is 16.2. The fourth-order valence-electron chi connectivity index (χ4n) is 3.50. The molecular formula is C22H22N4O2S. The number of ketones is 1. The number of piperidine rings is 1. The molecule has 1 saturated heterocycles. The number of nitrogens with zero attached hydrogens (tertiary/aromatic N) is 3. The summed E-state index contributed by atoms with van der Waals surface area (Å²) in [7, 11) is 0. The SMILES string of the molecule is CC(=O)c1sc(NC(=O)c2cccnc2N2CCCCC2)nc1-c1ccccc1. The smallest absolute Gasteiger partial charge is 0.261 e. The minimum absolute atomic E-state index is 0.0720. The highest BCUT2D eigenvalue weighted by molar-refractivity contribution is 7.18. The van der Waals surface area contributed by atoms with Gasteiger partial charge in [0, 0.05) is 31.8 Å². The number of benzene rings is 1. The molecule has 1 aliphatic heterocycles. The largest absolute Gasteiger partial charge is 0.356 e. The van der Waals surface area contributed by atoms with Crippen LogP contribution in [0.5, 0.6) is 0 Å². The van der Waals surface area contributed by atoms with Crippen molar-refractivity contribution in [2.75, 3.05) is 23.3 Å². The molecule has 3 heterocycles. The first-order valence-corrected chi connectivity index (χ1v) is 10.5. The lowest BCUT2D eigenvalue weighted by Gasteiger charge is -2.28. The Hall–Kier alpha value is -3.06. The van der Waals surface area contributed by atoms with Crippen molar-refractivity contribution in [3.05, 3.63) is 59.1 Å². The van der Waals surface area contributed by atoms with Crippen molar-refractivity contribution >= 4 is 34.0 Å². The Balaban J connectivity index is 1.62. The minimum atomic E-state index is -0.262. The highest BCUT2D eigenvalue weighted by atomic mass is 32.1. The molecule has 0 radical (unpaired) electrons. The molecule has 148 valence electrons. The van der Waals surface area contributed by atoms with Crippen LogP contribution in [0.15, 0.2) is 48.7 Å². The number of aromatic nitrogens is 2. The van der Waals surface area contributed by atoms with E-state index in [-0.39, 0.29) is 11.7 Å². The highest BCUT2D eigenvalue weighted by Gasteiger charge is 2.22. The standard InChI is InChI=1S/C22H22N4O2S/c1-15(27)19-18(16-9-4-2-5-10-16)24-22(29-19)25-21(28)17-11-8-12-23-20(17)26-13-6-3-7-14-26/h2,4-5,8-12H,3,6-7,13-14H2,1H3,(H,24,25,28). The molecule has 1 fully saturated rings. The second-order valence-corrected chi connectivity index (χ2v) is 7.99. The van der Waals surface area contributed by atoms with Gasteiger partial charge in [0.2, 0.25) is 0 Å². The summed E-state index contributed by atoms with van der Waals surface area (Å²) < 4.78 is 0. The van der Waals surface area contributed by atoms with E-state index in [0.717, 1.165) is 31.5 Å². The molecule has 0 unspecified atom stereocenters. The molecule has 1 N–H and O–H groups in total. The quantitative estimate of drug-likeness (QED) is 0.624. The average molecular weight is 407 g/mol. The topological polar surface area (TPSA) is 75.2 Å². The van der Waals surface area contributed by atoms with Crippen LogP contribution in [0.3, 0.4) is 0 Å². The number of carbonyl (C=O) groups excluding carboxylic acids is 2. The molecule has 3 aromatic rings. The lowest BCUT2D eigenvalue weighted by molar-refractivity contribution is 0.101. The number of anilines is 2. The summed E-state index contributed by atoms with van der Waals surface area (Å²) in [6, 6.07) is 13.1. The molecule has 0 aliphatic carbocycles. The van der Waals surface area contributed by atoms with E-state index in [0.29, 0.717) is 27.1 Å². The van der Waals surface area contributed by atoms with Gasteiger partial charge in [0.15, 0.2) is 10.9 Å². The average Bonchev–Trinajstić information content (AvgIpc) is 3.19. The van der Waals surface area contributed by atoms with Crippen molar-refractivity contribution < 1.29 is 9.59 Å². The van der Waals surface area contributed by atoms with Crippen LogP contribution in [-0.2, 0) is 0 Å². The van der Waals surface area contributed by atoms with E-state index in [1.165, 1.54) is 24.7 Å². The van der Waals surface area contributed by atoms with E-state index >= 15 is 0 Å². The molecule has 2 aromatic heterocycles. The maximum atomic E-state index is 13.0. The van der Waals surface area contributed by atoms with Gasteiger partial charge < -0.3 is 4.90 Å². The monoisotopic (exact) mass is 406 g/mol. The Morgan fingerprint density at radius 1 is 1.03 bits per heavy atom. The Bertz CT molecular complexity index is 1030. The summed E-state index contributed by atoms with van der Waals surface area (Å²) in [5.41, 5.74) is 1.97. The number of amides is 1. The van der Waals surface area contributed by atoms with Crippen LogP contribution >= 0.6 is 11.3 Å². The Labute approximate surface area is 173 Å². The van der Waals surface area contributed by atoms with E-state index < -0.39 is 0 Å². The van der Waals surface area contributed by atoms with Crippen molar-refractivity contribution in [3.63, 3.8) is 0 Å². The van der Waals surface area contributed by atoms with Crippen LogP contribution in [0.2, 0.25) is 0 Å². The summed E-state index contributed by atoms with van der Waals surface area (Å²) in [6.45, 7) is 3.32. The highest BCUT2D eigenvalue weighted by Crippen LogP contribution is 2.32. The predicted molar refractivity (Wildman–Crippen MR) is 116 cm³/mol. The molecule has 7 heteroatoms. The Morgan fingerprint density at radius 2 is 1.79 bits per heavy atom. The van der Waals surface area contributed by atoms with Crippen LogP contribution in [0.25, 0.3) is 11.3 Å². The molecule has 0 spiro atoms. The third-order valence-corrected chi connectivity index (χ3v) is 5.97. The number of hydrogen-bond donors (Lipinski definition) is 1.